The second-order valence-corrected chi connectivity index (χ2v) is 4.81. The number of rotatable bonds is 4. The zero-order valence-electron chi connectivity index (χ0n) is 7.43. The Labute approximate surface area is 78.0 Å². The van der Waals surface area contributed by atoms with Crippen molar-refractivity contribution in [2.24, 2.45) is 0 Å². The first-order valence-corrected chi connectivity index (χ1v) is 5.80. The summed E-state index contributed by atoms with van der Waals surface area (Å²) in [4.78, 5) is 0. The molecule has 4 heteroatoms. The van der Waals surface area contributed by atoms with Crippen LogP contribution >= 0.6 is 0 Å². The molecule has 0 bridgehead atoms. The molecule has 0 aliphatic carbocycles. The zero-order valence-corrected chi connectivity index (χ0v) is 8.25. The Balaban J connectivity index is 2.63. The number of furan rings is 1. The van der Waals surface area contributed by atoms with E-state index in [-0.39, 0.29) is 11.5 Å². The standard InChI is InChI=1S/C9H12O3S/c1-2-3-7-13(10,11)8-9-5-4-6-12-9/h2-6H,7-8H2,1H3/b3-2+. The molecule has 3 nitrogen and oxygen atoms in total. The van der Waals surface area contributed by atoms with Crippen LogP contribution in [0.3, 0.4) is 0 Å². The van der Waals surface area contributed by atoms with Crippen LogP contribution < -0.4 is 0 Å². The summed E-state index contributed by atoms with van der Waals surface area (Å²) in [6.07, 6.45) is 4.82. The maximum absolute atomic E-state index is 11.3. The monoisotopic (exact) mass is 200 g/mol. The highest BCUT2D eigenvalue weighted by atomic mass is 32.2. The van der Waals surface area contributed by atoms with Crippen LogP contribution in [0.1, 0.15) is 12.7 Å². The van der Waals surface area contributed by atoms with Gasteiger partial charge in [-0.1, -0.05) is 12.2 Å². The Hall–Kier alpha value is -1.03. The minimum atomic E-state index is -3.05. The van der Waals surface area contributed by atoms with Gasteiger partial charge >= 0.3 is 0 Å². The van der Waals surface area contributed by atoms with Crippen molar-refractivity contribution in [1.82, 2.24) is 0 Å². The lowest BCUT2D eigenvalue weighted by Crippen LogP contribution is -2.06. The first kappa shape index (κ1) is 10.1. The predicted molar refractivity (Wildman–Crippen MR) is 51.0 cm³/mol. The van der Waals surface area contributed by atoms with Gasteiger partial charge in [-0.3, -0.25) is 0 Å². The number of hydrogen-bond donors (Lipinski definition) is 0. The van der Waals surface area contributed by atoms with E-state index in [0.29, 0.717) is 5.76 Å². The molecule has 0 fully saturated rings. The van der Waals surface area contributed by atoms with Gasteiger partial charge in [-0.25, -0.2) is 8.42 Å². The second-order valence-electron chi connectivity index (χ2n) is 2.70. The summed E-state index contributed by atoms with van der Waals surface area (Å²) in [5, 5.41) is 0. The van der Waals surface area contributed by atoms with Crippen LogP contribution in [-0.2, 0) is 15.6 Å². The molecule has 0 amide bonds. The van der Waals surface area contributed by atoms with E-state index >= 15 is 0 Å². The molecule has 0 N–H and O–H groups in total. The fraction of sp³-hybridized carbons (Fsp3) is 0.333. The van der Waals surface area contributed by atoms with Gasteiger partial charge in [-0.05, 0) is 19.1 Å². The zero-order chi connectivity index (χ0) is 9.73. The van der Waals surface area contributed by atoms with Crippen LogP contribution in [0.4, 0.5) is 0 Å². The number of sulfone groups is 1. The molecule has 0 unspecified atom stereocenters. The number of hydrogen-bond acceptors (Lipinski definition) is 3. The summed E-state index contributed by atoms with van der Waals surface area (Å²) in [5.41, 5.74) is 0. The molecule has 1 aromatic heterocycles. The van der Waals surface area contributed by atoms with Gasteiger partial charge in [0.15, 0.2) is 9.84 Å². The Morgan fingerprint density at radius 1 is 1.54 bits per heavy atom. The average Bonchev–Trinajstić information content (AvgIpc) is 2.52. The largest absolute Gasteiger partial charge is 0.468 e. The fourth-order valence-electron chi connectivity index (χ4n) is 0.913. The highest BCUT2D eigenvalue weighted by Crippen LogP contribution is 2.06. The van der Waals surface area contributed by atoms with Crippen LogP contribution in [0.2, 0.25) is 0 Å². The van der Waals surface area contributed by atoms with Crippen molar-refractivity contribution in [2.75, 3.05) is 5.75 Å². The van der Waals surface area contributed by atoms with E-state index < -0.39 is 9.84 Å². The van der Waals surface area contributed by atoms with Crippen molar-refractivity contribution in [3.05, 3.63) is 36.3 Å². The van der Waals surface area contributed by atoms with Gasteiger partial charge in [-0.15, -0.1) is 0 Å². The van der Waals surface area contributed by atoms with E-state index in [4.69, 9.17) is 4.42 Å². The Bertz CT molecular complexity index is 360. The third-order valence-corrected chi connectivity index (χ3v) is 2.95. The van der Waals surface area contributed by atoms with E-state index in [1.165, 1.54) is 6.26 Å². The van der Waals surface area contributed by atoms with Gasteiger partial charge in [0, 0.05) is 0 Å². The molecule has 0 aromatic carbocycles. The van der Waals surface area contributed by atoms with Gasteiger partial charge in [0.1, 0.15) is 11.5 Å². The van der Waals surface area contributed by atoms with E-state index in [2.05, 4.69) is 0 Å². The summed E-state index contributed by atoms with van der Waals surface area (Å²) < 4.78 is 27.6. The van der Waals surface area contributed by atoms with Gasteiger partial charge in [0.25, 0.3) is 0 Å². The van der Waals surface area contributed by atoms with Crippen molar-refractivity contribution >= 4 is 9.84 Å². The van der Waals surface area contributed by atoms with E-state index in [9.17, 15) is 8.42 Å². The molecule has 1 aromatic rings. The van der Waals surface area contributed by atoms with Crippen molar-refractivity contribution in [2.45, 2.75) is 12.7 Å². The van der Waals surface area contributed by atoms with Crippen molar-refractivity contribution in [1.29, 1.82) is 0 Å². The van der Waals surface area contributed by atoms with Crippen molar-refractivity contribution in [3.63, 3.8) is 0 Å². The predicted octanol–water partition coefficient (Wildman–Crippen LogP) is 1.77. The second kappa shape index (κ2) is 4.28. The Kier molecular flexibility index (Phi) is 3.31. The topological polar surface area (TPSA) is 47.3 Å². The SMILES string of the molecule is C/C=C/CS(=O)(=O)Cc1ccco1. The lowest BCUT2D eigenvalue weighted by atomic mass is 10.5. The minimum absolute atomic E-state index is 0.0235. The number of allylic oxidation sites excluding steroid dienone is 1. The first-order valence-electron chi connectivity index (χ1n) is 3.98. The molecule has 0 saturated heterocycles. The Morgan fingerprint density at radius 2 is 2.31 bits per heavy atom. The van der Waals surface area contributed by atoms with E-state index in [1.807, 2.05) is 0 Å². The van der Waals surface area contributed by atoms with Crippen LogP contribution in [0.25, 0.3) is 0 Å². The third kappa shape index (κ3) is 3.46. The summed E-state index contributed by atoms with van der Waals surface area (Å²) in [5.74, 6) is 0.540. The van der Waals surface area contributed by atoms with Crippen LogP contribution in [0.5, 0.6) is 0 Å². The van der Waals surface area contributed by atoms with Gasteiger partial charge in [0.05, 0.1) is 12.0 Å². The van der Waals surface area contributed by atoms with Gasteiger partial charge in [-0.2, -0.15) is 0 Å². The molecule has 72 valence electrons. The molecule has 0 aliphatic rings. The molecule has 1 rings (SSSR count). The Morgan fingerprint density at radius 3 is 2.85 bits per heavy atom. The molecule has 0 atom stereocenters. The van der Waals surface area contributed by atoms with Crippen LogP contribution in [-0.4, -0.2) is 14.2 Å². The van der Waals surface area contributed by atoms with Crippen LogP contribution in [0.15, 0.2) is 35.0 Å². The van der Waals surface area contributed by atoms with Gasteiger partial charge in [0.2, 0.25) is 0 Å². The van der Waals surface area contributed by atoms with Gasteiger partial charge < -0.3 is 4.42 Å². The quantitative estimate of drug-likeness (QED) is 0.696. The summed E-state index contributed by atoms with van der Waals surface area (Å²) in [6, 6.07) is 3.34. The third-order valence-electron chi connectivity index (χ3n) is 1.53. The normalized spacial score (nSPS) is 12.4. The molecule has 0 spiro atoms. The van der Waals surface area contributed by atoms with E-state index in [0.717, 1.165) is 0 Å². The highest BCUT2D eigenvalue weighted by Gasteiger charge is 2.11. The molecule has 13 heavy (non-hydrogen) atoms. The molecular weight excluding hydrogens is 188 g/mol. The first-order chi connectivity index (χ1) is 6.14. The van der Waals surface area contributed by atoms with E-state index in [1.54, 1.807) is 31.2 Å². The summed E-state index contributed by atoms with van der Waals surface area (Å²) >= 11 is 0. The molecule has 1 heterocycles. The average molecular weight is 200 g/mol. The maximum atomic E-state index is 11.3. The molecule has 0 radical (unpaired) electrons. The molecular formula is C9H12O3S. The fourth-order valence-corrected chi connectivity index (χ4v) is 2.11. The minimum Gasteiger partial charge on any atom is -0.468 e. The smallest absolute Gasteiger partial charge is 0.161 e. The van der Waals surface area contributed by atoms with Crippen molar-refractivity contribution < 1.29 is 12.8 Å². The molecule has 0 saturated carbocycles. The van der Waals surface area contributed by atoms with Crippen molar-refractivity contribution in [3.8, 4) is 0 Å². The summed E-state index contributed by atoms with van der Waals surface area (Å²) in [7, 11) is -3.05. The van der Waals surface area contributed by atoms with Crippen LogP contribution in [0, 0.1) is 0 Å². The molecule has 0 aliphatic heterocycles. The highest BCUT2D eigenvalue weighted by molar-refractivity contribution is 7.90. The lowest BCUT2D eigenvalue weighted by molar-refractivity contribution is 0.521. The summed E-state index contributed by atoms with van der Waals surface area (Å²) in [6.45, 7) is 1.79. The lowest BCUT2D eigenvalue weighted by Gasteiger charge is -1.96. The maximum Gasteiger partial charge on any atom is 0.161 e.